The molecule has 0 aliphatic rings. The molecule has 2 heterocycles. The van der Waals surface area contributed by atoms with Crippen LogP contribution in [0.2, 0.25) is 0 Å². The summed E-state index contributed by atoms with van der Waals surface area (Å²) in [5.74, 6) is 0.544. The molecule has 0 spiro atoms. The summed E-state index contributed by atoms with van der Waals surface area (Å²) >= 11 is 0. The van der Waals surface area contributed by atoms with E-state index in [0.717, 1.165) is 5.52 Å². The Morgan fingerprint density at radius 2 is 1.50 bits per heavy atom. The third-order valence-corrected chi connectivity index (χ3v) is 4.82. The molecule has 0 aliphatic carbocycles. The summed E-state index contributed by atoms with van der Waals surface area (Å²) in [6.07, 6.45) is 17.5. The lowest BCUT2D eigenvalue weighted by Gasteiger charge is -2.20. The predicted molar refractivity (Wildman–Crippen MR) is 101 cm³/mol. The molecule has 1 atom stereocenters. The molecule has 0 bridgehead atoms. The van der Waals surface area contributed by atoms with Gasteiger partial charge in [-0.25, -0.2) is 15.0 Å². The van der Waals surface area contributed by atoms with Crippen LogP contribution in [0.4, 0.5) is 5.82 Å². The van der Waals surface area contributed by atoms with Crippen LogP contribution in [0.5, 0.6) is 0 Å². The number of hydrogen-bond donors (Lipinski definition) is 1. The zero-order chi connectivity index (χ0) is 17.2. The number of nitrogen functional groups attached to an aromatic ring is 1. The number of imidazole rings is 1. The lowest BCUT2D eigenvalue weighted by molar-refractivity contribution is 0.403. The number of nitrogens with two attached hydrogens (primary N) is 1. The van der Waals surface area contributed by atoms with E-state index in [-0.39, 0.29) is 0 Å². The second-order valence-electron chi connectivity index (χ2n) is 6.79. The third kappa shape index (κ3) is 5.18. The molecule has 0 radical (unpaired) electrons. The van der Waals surface area contributed by atoms with Crippen molar-refractivity contribution in [1.82, 2.24) is 19.5 Å². The topological polar surface area (TPSA) is 69.6 Å². The van der Waals surface area contributed by atoms with E-state index in [1.54, 1.807) is 0 Å². The van der Waals surface area contributed by atoms with Gasteiger partial charge in [-0.3, -0.25) is 0 Å². The van der Waals surface area contributed by atoms with E-state index in [0.29, 0.717) is 17.5 Å². The van der Waals surface area contributed by atoms with Crippen LogP contribution < -0.4 is 5.73 Å². The van der Waals surface area contributed by atoms with Gasteiger partial charge < -0.3 is 10.3 Å². The molecule has 0 amide bonds. The molecule has 2 N–H and O–H groups in total. The average molecular weight is 332 g/mol. The molecule has 0 aliphatic heterocycles. The maximum Gasteiger partial charge on any atom is 0.182 e. The van der Waals surface area contributed by atoms with Crippen LogP contribution in [0, 0.1) is 0 Å². The summed E-state index contributed by atoms with van der Waals surface area (Å²) in [4.78, 5) is 12.8. The fraction of sp³-hybridized carbons (Fsp3) is 0.737. The molecule has 0 saturated carbocycles. The van der Waals surface area contributed by atoms with Gasteiger partial charge in [0.05, 0.1) is 6.33 Å². The first-order chi connectivity index (χ1) is 11.8. The van der Waals surface area contributed by atoms with E-state index in [4.69, 9.17) is 5.73 Å². The lowest BCUT2D eigenvalue weighted by Crippen LogP contribution is -2.10. The van der Waals surface area contributed by atoms with Crippen LogP contribution in [0.25, 0.3) is 11.2 Å². The highest BCUT2D eigenvalue weighted by Crippen LogP contribution is 2.28. The van der Waals surface area contributed by atoms with Gasteiger partial charge in [-0.15, -0.1) is 0 Å². The Kier molecular flexibility index (Phi) is 7.99. The standard InChI is InChI=1S/C19H33N5/c1-3-5-7-9-11-13-16(12-10-8-6-4-2)24-15-23-19-17(24)18(20)21-14-22-19/h14-16H,3-13H2,1-2H3,(H2,20,21,22). The van der Waals surface area contributed by atoms with Crippen LogP contribution >= 0.6 is 0 Å². The maximum atomic E-state index is 6.10. The molecule has 0 fully saturated rings. The summed E-state index contributed by atoms with van der Waals surface area (Å²) in [6, 6.07) is 0.460. The third-order valence-electron chi connectivity index (χ3n) is 4.82. The molecule has 2 aromatic rings. The van der Waals surface area contributed by atoms with Gasteiger partial charge in [-0.1, -0.05) is 71.6 Å². The first-order valence-corrected chi connectivity index (χ1v) is 9.70. The number of rotatable bonds is 12. The van der Waals surface area contributed by atoms with Crippen molar-refractivity contribution < 1.29 is 0 Å². The first kappa shape index (κ1) is 18.7. The minimum absolute atomic E-state index is 0.460. The second kappa shape index (κ2) is 10.3. The minimum atomic E-state index is 0.460. The minimum Gasteiger partial charge on any atom is -0.382 e. The Hall–Kier alpha value is -1.65. The number of nitrogens with zero attached hydrogens (tertiary/aromatic N) is 4. The van der Waals surface area contributed by atoms with E-state index < -0.39 is 0 Å². The van der Waals surface area contributed by atoms with E-state index in [1.165, 1.54) is 77.0 Å². The Morgan fingerprint density at radius 1 is 0.875 bits per heavy atom. The molecule has 5 nitrogen and oxygen atoms in total. The summed E-state index contributed by atoms with van der Waals surface area (Å²) in [5, 5.41) is 0. The predicted octanol–water partition coefficient (Wildman–Crippen LogP) is 5.28. The van der Waals surface area contributed by atoms with E-state index in [1.807, 2.05) is 6.33 Å². The van der Waals surface area contributed by atoms with Crippen LogP contribution in [-0.2, 0) is 0 Å². The number of fused-ring (bicyclic) bond motifs is 1. The second-order valence-corrected chi connectivity index (χ2v) is 6.79. The van der Waals surface area contributed by atoms with Gasteiger partial charge in [-0.05, 0) is 12.8 Å². The molecule has 0 saturated heterocycles. The van der Waals surface area contributed by atoms with E-state index in [9.17, 15) is 0 Å². The summed E-state index contributed by atoms with van der Waals surface area (Å²) < 4.78 is 2.23. The highest BCUT2D eigenvalue weighted by Gasteiger charge is 2.16. The van der Waals surface area contributed by atoms with Gasteiger partial charge in [0.25, 0.3) is 0 Å². The molecule has 5 heteroatoms. The zero-order valence-corrected chi connectivity index (χ0v) is 15.4. The Labute approximate surface area is 146 Å². The molecule has 2 rings (SSSR count). The van der Waals surface area contributed by atoms with Gasteiger partial charge in [0, 0.05) is 6.04 Å². The number of hydrogen-bond acceptors (Lipinski definition) is 4. The highest BCUT2D eigenvalue weighted by molar-refractivity contribution is 5.81. The molecule has 1 unspecified atom stereocenters. The van der Waals surface area contributed by atoms with Crippen molar-refractivity contribution >= 4 is 17.0 Å². The highest BCUT2D eigenvalue weighted by atomic mass is 15.1. The fourth-order valence-corrected chi connectivity index (χ4v) is 3.39. The first-order valence-electron chi connectivity index (χ1n) is 9.70. The summed E-state index contributed by atoms with van der Waals surface area (Å²) in [7, 11) is 0. The van der Waals surface area contributed by atoms with Crippen molar-refractivity contribution in [2.45, 2.75) is 90.5 Å². The maximum absolute atomic E-state index is 6.10. The fourth-order valence-electron chi connectivity index (χ4n) is 3.39. The Bertz CT molecular complexity index is 592. The SMILES string of the molecule is CCCCCCCC(CCCCCC)n1cnc2ncnc(N)c21. The van der Waals surface area contributed by atoms with Crippen molar-refractivity contribution in [3.05, 3.63) is 12.7 Å². The smallest absolute Gasteiger partial charge is 0.182 e. The quantitative estimate of drug-likeness (QED) is 0.537. The molecular formula is C19H33N5. The summed E-state index contributed by atoms with van der Waals surface area (Å²) in [6.45, 7) is 4.52. The molecule has 0 aromatic carbocycles. The van der Waals surface area contributed by atoms with Crippen molar-refractivity contribution in [3.8, 4) is 0 Å². The van der Waals surface area contributed by atoms with Gasteiger partial charge >= 0.3 is 0 Å². The number of anilines is 1. The monoisotopic (exact) mass is 331 g/mol. The molecule has 24 heavy (non-hydrogen) atoms. The Balaban J connectivity index is 2.05. The number of aromatic nitrogens is 4. The van der Waals surface area contributed by atoms with Crippen LogP contribution in [0.15, 0.2) is 12.7 Å². The van der Waals surface area contributed by atoms with Gasteiger partial charge in [0.2, 0.25) is 0 Å². The van der Waals surface area contributed by atoms with Crippen molar-refractivity contribution in [2.24, 2.45) is 0 Å². The van der Waals surface area contributed by atoms with Gasteiger partial charge in [0.1, 0.15) is 11.8 Å². The van der Waals surface area contributed by atoms with Gasteiger partial charge in [-0.2, -0.15) is 0 Å². The molecule has 2 aromatic heterocycles. The van der Waals surface area contributed by atoms with Crippen molar-refractivity contribution in [1.29, 1.82) is 0 Å². The summed E-state index contributed by atoms with van der Waals surface area (Å²) in [5.41, 5.74) is 7.72. The van der Waals surface area contributed by atoms with E-state index in [2.05, 4.69) is 33.4 Å². The van der Waals surface area contributed by atoms with Crippen molar-refractivity contribution in [3.63, 3.8) is 0 Å². The molecule has 134 valence electrons. The van der Waals surface area contributed by atoms with Gasteiger partial charge in [0.15, 0.2) is 11.5 Å². The average Bonchev–Trinajstić information content (AvgIpc) is 3.02. The largest absolute Gasteiger partial charge is 0.382 e. The molecular weight excluding hydrogens is 298 g/mol. The van der Waals surface area contributed by atoms with Crippen LogP contribution in [-0.4, -0.2) is 19.5 Å². The number of unbranched alkanes of at least 4 members (excludes halogenated alkanes) is 7. The van der Waals surface area contributed by atoms with Crippen LogP contribution in [0.1, 0.15) is 90.5 Å². The zero-order valence-electron chi connectivity index (χ0n) is 15.4. The van der Waals surface area contributed by atoms with E-state index >= 15 is 0 Å². The Morgan fingerprint density at radius 3 is 2.17 bits per heavy atom. The van der Waals surface area contributed by atoms with Crippen molar-refractivity contribution in [2.75, 3.05) is 5.73 Å². The lowest BCUT2D eigenvalue weighted by atomic mass is 10.0. The van der Waals surface area contributed by atoms with Crippen LogP contribution in [0.3, 0.4) is 0 Å². The normalized spacial score (nSPS) is 12.8.